The van der Waals surface area contributed by atoms with E-state index in [-0.39, 0.29) is 6.23 Å². The predicted octanol–water partition coefficient (Wildman–Crippen LogP) is 3.60. The summed E-state index contributed by atoms with van der Waals surface area (Å²) in [7, 11) is 0. The third kappa shape index (κ3) is 2.73. The number of benzene rings is 2. The van der Waals surface area contributed by atoms with Crippen LogP contribution in [-0.4, -0.2) is 27.6 Å². The SMILES string of the molecule is c1ccc2c(c1)nnn2-c1ccc([C@H]2NC[C@@H]3CCCC[C@H]3O2)cc1. The normalized spacial score (nSPS) is 26.5. The number of ether oxygens (including phenoxy) is 1. The van der Waals surface area contributed by atoms with Gasteiger partial charge in [0.25, 0.3) is 0 Å². The number of para-hydroxylation sites is 1. The average Bonchev–Trinajstić information content (AvgIpc) is 3.12. The van der Waals surface area contributed by atoms with Crippen LogP contribution in [0.15, 0.2) is 48.5 Å². The second-order valence-electron chi connectivity index (χ2n) is 7.09. The van der Waals surface area contributed by atoms with E-state index in [4.69, 9.17) is 4.74 Å². The average molecular weight is 334 g/mol. The summed E-state index contributed by atoms with van der Waals surface area (Å²) in [4.78, 5) is 0. The van der Waals surface area contributed by atoms with Crippen molar-refractivity contribution in [2.45, 2.75) is 38.0 Å². The van der Waals surface area contributed by atoms with E-state index in [0.717, 1.165) is 23.3 Å². The molecule has 2 aliphatic rings. The molecule has 3 aromatic rings. The molecule has 0 bridgehead atoms. The van der Waals surface area contributed by atoms with Gasteiger partial charge in [-0.25, -0.2) is 4.68 Å². The maximum atomic E-state index is 6.33. The molecule has 3 atom stereocenters. The second-order valence-corrected chi connectivity index (χ2v) is 7.09. The molecule has 0 amide bonds. The molecular formula is C20H22N4O. The van der Waals surface area contributed by atoms with Crippen molar-refractivity contribution >= 4 is 11.0 Å². The smallest absolute Gasteiger partial charge is 0.134 e. The van der Waals surface area contributed by atoms with Gasteiger partial charge >= 0.3 is 0 Å². The van der Waals surface area contributed by atoms with Crippen molar-refractivity contribution in [1.82, 2.24) is 20.3 Å². The molecule has 5 heteroatoms. The Balaban J connectivity index is 1.38. The van der Waals surface area contributed by atoms with Crippen LogP contribution in [0.5, 0.6) is 0 Å². The minimum Gasteiger partial charge on any atom is -0.356 e. The first-order valence-electron chi connectivity index (χ1n) is 9.18. The van der Waals surface area contributed by atoms with E-state index < -0.39 is 0 Å². The molecule has 1 saturated heterocycles. The maximum absolute atomic E-state index is 6.33. The van der Waals surface area contributed by atoms with Crippen LogP contribution in [0.4, 0.5) is 0 Å². The lowest BCUT2D eigenvalue weighted by atomic mass is 9.85. The van der Waals surface area contributed by atoms with E-state index in [0.29, 0.717) is 12.0 Å². The molecule has 1 aliphatic heterocycles. The Morgan fingerprint density at radius 3 is 2.76 bits per heavy atom. The number of nitrogens with one attached hydrogen (secondary N) is 1. The summed E-state index contributed by atoms with van der Waals surface area (Å²) in [6, 6.07) is 16.5. The van der Waals surface area contributed by atoms with Gasteiger partial charge in [0.15, 0.2) is 0 Å². The first-order chi connectivity index (χ1) is 12.4. The quantitative estimate of drug-likeness (QED) is 0.778. The molecule has 1 saturated carbocycles. The fraction of sp³-hybridized carbons (Fsp3) is 0.400. The van der Waals surface area contributed by atoms with E-state index in [2.05, 4.69) is 39.9 Å². The third-order valence-corrected chi connectivity index (χ3v) is 5.51. The number of fused-ring (bicyclic) bond motifs is 2. The zero-order valence-corrected chi connectivity index (χ0v) is 14.1. The van der Waals surface area contributed by atoms with E-state index in [1.165, 1.54) is 31.2 Å². The van der Waals surface area contributed by atoms with Crippen LogP contribution in [-0.2, 0) is 4.74 Å². The van der Waals surface area contributed by atoms with E-state index in [1.807, 2.05) is 28.9 Å². The fourth-order valence-corrected chi connectivity index (χ4v) is 4.11. The summed E-state index contributed by atoms with van der Waals surface area (Å²) < 4.78 is 8.21. The molecule has 2 heterocycles. The van der Waals surface area contributed by atoms with Crippen LogP contribution in [0.1, 0.15) is 37.5 Å². The summed E-state index contributed by atoms with van der Waals surface area (Å²) >= 11 is 0. The first kappa shape index (κ1) is 15.0. The standard InChI is InChI=1S/C20H22N4O/c1-4-8-19-15(5-1)13-21-20(25-19)14-9-11-16(12-10-14)24-18-7-3-2-6-17(18)22-23-24/h2-3,6-7,9-12,15,19-21H,1,4-5,8,13H2/t15-,19+,20-/m0/s1. The Kier molecular flexibility index (Phi) is 3.76. The van der Waals surface area contributed by atoms with Crippen molar-refractivity contribution < 1.29 is 4.74 Å². The van der Waals surface area contributed by atoms with Gasteiger partial charge in [0.2, 0.25) is 0 Å². The molecule has 2 fully saturated rings. The Morgan fingerprint density at radius 1 is 1.00 bits per heavy atom. The number of aromatic nitrogens is 3. The molecular weight excluding hydrogens is 312 g/mol. The molecule has 5 rings (SSSR count). The van der Waals surface area contributed by atoms with Gasteiger partial charge in [0.1, 0.15) is 11.7 Å². The molecule has 0 radical (unpaired) electrons. The van der Waals surface area contributed by atoms with Crippen molar-refractivity contribution in [1.29, 1.82) is 0 Å². The minimum absolute atomic E-state index is 0.000825. The lowest BCUT2D eigenvalue weighted by molar-refractivity contribution is -0.109. The maximum Gasteiger partial charge on any atom is 0.134 e. The highest BCUT2D eigenvalue weighted by atomic mass is 16.5. The fourth-order valence-electron chi connectivity index (χ4n) is 4.11. The topological polar surface area (TPSA) is 52.0 Å². The Hall–Kier alpha value is -2.24. The molecule has 1 N–H and O–H groups in total. The van der Waals surface area contributed by atoms with Gasteiger partial charge in [0, 0.05) is 6.54 Å². The molecule has 2 aromatic carbocycles. The van der Waals surface area contributed by atoms with Gasteiger partial charge in [-0.1, -0.05) is 42.3 Å². The van der Waals surface area contributed by atoms with Gasteiger partial charge in [-0.3, -0.25) is 5.32 Å². The summed E-state index contributed by atoms with van der Waals surface area (Å²) in [5.41, 5.74) is 4.13. The van der Waals surface area contributed by atoms with E-state index in [9.17, 15) is 0 Å². The highest BCUT2D eigenvalue weighted by molar-refractivity contribution is 5.75. The predicted molar refractivity (Wildman–Crippen MR) is 96.4 cm³/mol. The minimum atomic E-state index is 0.000825. The zero-order chi connectivity index (χ0) is 16.6. The Morgan fingerprint density at radius 2 is 1.84 bits per heavy atom. The molecule has 25 heavy (non-hydrogen) atoms. The Bertz CT molecular complexity index is 873. The molecule has 1 aliphatic carbocycles. The molecule has 0 spiro atoms. The van der Waals surface area contributed by atoms with Crippen LogP contribution in [0, 0.1) is 5.92 Å². The van der Waals surface area contributed by atoms with Gasteiger partial charge in [0.05, 0.1) is 17.3 Å². The third-order valence-electron chi connectivity index (χ3n) is 5.51. The first-order valence-corrected chi connectivity index (χ1v) is 9.18. The highest BCUT2D eigenvalue weighted by Gasteiger charge is 2.33. The number of hydrogen-bond acceptors (Lipinski definition) is 4. The van der Waals surface area contributed by atoms with Crippen LogP contribution < -0.4 is 5.32 Å². The van der Waals surface area contributed by atoms with Crippen molar-refractivity contribution in [2.75, 3.05) is 6.54 Å². The summed E-state index contributed by atoms with van der Waals surface area (Å²) in [5.74, 6) is 0.686. The summed E-state index contributed by atoms with van der Waals surface area (Å²) in [6.07, 6.45) is 5.55. The van der Waals surface area contributed by atoms with Gasteiger partial charge in [-0.05, 0) is 48.6 Å². The van der Waals surface area contributed by atoms with Crippen LogP contribution in [0.3, 0.4) is 0 Å². The zero-order valence-electron chi connectivity index (χ0n) is 14.1. The van der Waals surface area contributed by atoms with E-state index in [1.54, 1.807) is 0 Å². The molecule has 1 aromatic heterocycles. The lowest BCUT2D eigenvalue weighted by Gasteiger charge is -2.40. The van der Waals surface area contributed by atoms with Crippen molar-refractivity contribution in [3.8, 4) is 5.69 Å². The van der Waals surface area contributed by atoms with Crippen LogP contribution >= 0.6 is 0 Å². The van der Waals surface area contributed by atoms with Gasteiger partial charge in [-0.2, -0.15) is 0 Å². The lowest BCUT2D eigenvalue weighted by Crippen LogP contribution is -2.45. The molecule has 5 nitrogen and oxygen atoms in total. The largest absolute Gasteiger partial charge is 0.356 e. The van der Waals surface area contributed by atoms with Crippen LogP contribution in [0.25, 0.3) is 16.7 Å². The number of nitrogens with zero attached hydrogens (tertiary/aromatic N) is 3. The monoisotopic (exact) mass is 334 g/mol. The van der Waals surface area contributed by atoms with Crippen molar-refractivity contribution in [3.63, 3.8) is 0 Å². The van der Waals surface area contributed by atoms with Crippen molar-refractivity contribution in [3.05, 3.63) is 54.1 Å². The molecule has 0 unspecified atom stereocenters. The summed E-state index contributed by atoms with van der Waals surface area (Å²) in [6.45, 7) is 1.06. The summed E-state index contributed by atoms with van der Waals surface area (Å²) in [5, 5.41) is 12.1. The van der Waals surface area contributed by atoms with E-state index >= 15 is 0 Å². The highest BCUT2D eigenvalue weighted by Crippen LogP contribution is 2.34. The molecule has 128 valence electrons. The number of rotatable bonds is 2. The van der Waals surface area contributed by atoms with Crippen LogP contribution in [0.2, 0.25) is 0 Å². The second kappa shape index (κ2) is 6.24. The van der Waals surface area contributed by atoms with Crippen molar-refractivity contribution in [2.24, 2.45) is 5.92 Å². The van der Waals surface area contributed by atoms with Gasteiger partial charge < -0.3 is 4.74 Å². The Labute approximate surface area is 147 Å². The number of hydrogen-bond donors (Lipinski definition) is 1. The van der Waals surface area contributed by atoms with Gasteiger partial charge in [-0.15, -0.1) is 5.10 Å².